The van der Waals surface area contributed by atoms with Crippen molar-refractivity contribution in [2.75, 3.05) is 11.9 Å². The molecule has 0 bridgehead atoms. The molecule has 1 aromatic carbocycles. The smallest absolute Gasteiger partial charge is 0.251 e. The van der Waals surface area contributed by atoms with Gasteiger partial charge < -0.3 is 16.4 Å². The van der Waals surface area contributed by atoms with Gasteiger partial charge >= 0.3 is 0 Å². The molecular weight excluding hydrogens is 302 g/mol. The third-order valence-electron chi connectivity index (χ3n) is 5.05. The van der Waals surface area contributed by atoms with Crippen molar-refractivity contribution in [1.82, 2.24) is 5.32 Å². The fourth-order valence-corrected chi connectivity index (χ4v) is 3.07. The lowest BCUT2D eigenvalue weighted by Gasteiger charge is -2.24. The summed E-state index contributed by atoms with van der Waals surface area (Å²) in [5.41, 5.74) is 6.82. The molecule has 24 heavy (non-hydrogen) atoms. The van der Waals surface area contributed by atoms with Crippen LogP contribution in [0.4, 0.5) is 5.69 Å². The number of hydrogen-bond donors (Lipinski definition) is 3. The molecule has 2 rings (SSSR count). The molecule has 5 heteroatoms. The van der Waals surface area contributed by atoms with Crippen molar-refractivity contribution in [3.05, 3.63) is 29.8 Å². The first-order chi connectivity index (χ1) is 11.4. The fraction of sp³-hybridized carbons (Fsp3) is 0.579. The average molecular weight is 331 g/mol. The minimum absolute atomic E-state index is 0.00308. The van der Waals surface area contributed by atoms with Gasteiger partial charge in [-0.05, 0) is 69.8 Å². The number of rotatable bonds is 6. The molecule has 0 aliphatic heterocycles. The number of carbonyl (C=O) groups excluding carboxylic acids is 2. The first kappa shape index (κ1) is 18.5. The summed E-state index contributed by atoms with van der Waals surface area (Å²) in [7, 11) is 0. The van der Waals surface area contributed by atoms with Crippen LogP contribution in [0.1, 0.15) is 56.8 Å². The Bertz CT molecular complexity index is 581. The summed E-state index contributed by atoms with van der Waals surface area (Å²) in [5.74, 6) is 0.223. The molecule has 4 N–H and O–H groups in total. The van der Waals surface area contributed by atoms with E-state index in [4.69, 9.17) is 5.73 Å². The van der Waals surface area contributed by atoms with E-state index < -0.39 is 0 Å². The second kappa shape index (κ2) is 7.79. The molecule has 5 nitrogen and oxygen atoms in total. The summed E-state index contributed by atoms with van der Waals surface area (Å²) in [5, 5.41) is 5.95. The van der Waals surface area contributed by atoms with Gasteiger partial charge in [0.2, 0.25) is 5.91 Å². The van der Waals surface area contributed by atoms with E-state index in [1.54, 1.807) is 24.3 Å². The Morgan fingerprint density at radius 3 is 2.46 bits per heavy atom. The normalized spacial score (nSPS) is 20.7. The lowest BCUT2D eigenvalue weighted by molar-refractivity contribution is -0.120. The minimum Gasteiger partial charge on any atom is -0.347 e. The molecule has 1 saturated carbocycles. The maximum atomic E-state index is 12.4. The second-order valence-electron chi connectivity index (χ2n) is 7.29. The van der Waals surface area contributed by atoms with Crippen LogP contribution < -0.4 is 16.4 Å². The van der Waals surface area contributed by atoms with Crippen molar-refractivity contribution < 1.29 is 9.59 Å². The Labute approximate surface area is 144 Å². The molecular formula is C19H29N3O2. The third-order valence-corrected chi connectivity index (χ3v) is 5.05. The van der Waals surface area contributed by atoms with Crippen LogP contribution in [-0.2, 0) is 4.79 Å². The first-order valence-electron chi connectivity index (χ1n) is 8.80. The van der Waals surface area contributed by atoms with Gasteiger partial charge in [-0.25, -0.2) is 0 Å². The van der Waals surface area contributed by atoms with Crippen molar-refractivity contribution >= 4 is 17.5 Å². The van der Waals surface area contributed by atoms with E-state index in [0.717, 1.165) is 25.7 Å². The molecule has 1 aliphatic carbocycles. The van der Waals surface area contributed by atoms with Crippen LogP contribution in [0, 0.1) is 11.8 Å². The van der Waals surface area contributed by atoms with Crippen molar-refractivity contribution in [2.45, 2.75) is 52.0 Å². The molecule has 1 aromatic rings. The molecule has 2 atom stereocenters. The van der Waals surface area contributed by atoms with Gasteiger partial charge in [-0.2, -0.15) is 0 Å². The molecule has 0 radical (unpaired) electrons. The van der Waals surface area contributed by atoms with Crippen LogP contribution >= 0.6 is 0 Å². The molecule has 0 saturated heterocycles. The Kier molecular flexibility index (Phi) is 5.99. The molecule has 1 aliphatic rings. The van der Waals surface area contributed by atoms with Gasteiger partial charge in [0.15, 0.2) is 0 Å². The van der Waals surface area contributed by atoms with Crippen molar-refractivity contribution in [3.8, 4) is 0 Å². The summed E-state index contributed by atoms with van der Waals surface area (Å²) < 4.78 is 0. The van der Waals surface area contributed by atoms with Gasteiger partial charge in [-0.3, -0.25) is 9.59 Å². The monoisotopic (exact) mass is 331 g/mol. The van der Waals surface area contributed by atoms with E-state index in [9.17, 15) is 9.59 Å². The maximum Gasteiger partial charge on any atom is 0.251 e. The van der Waals surface area contributed by atoms with Gasteiger partial charge in [-0.1, -0.05) is 13.3 Å². The van der Waals surface area contributed by atoms with E-state index >= 15 is 0 Å². The number of nitrogens with two attached hydrogens (primary N) is 1. The zero-order chi connectivity index (χ0) is 17.7. The van der Waals surface area contributed by atoms with Crippen molar-refractivity contribution in [2.24, 2.45) is 17.6 Å². The number of benzene rings is 1. The van der Waals surface area contributed by atoms with Crippen LogP contribution in [0.5, 0.6) is 0 Å². The van der Waals surface area contributed by atoms with Gasteiger partial charge in [0.05, 0.1) is 0 Å². The Morgan fingerprint density at radius 2 is 1.88 bits per heavy atom. The highest BCUT2D eigenvalue weighted by atomic mass is 16.2. The zero-order valence-electron chi connectivity index (χ0n) is 14.9. The highest BCUT2D eigenvalue weighted by molar-refractivity contribution is 5.96. The molecule has 0 unspecified atom stereocenters. The molecule has 0 aromatic heterocycles. The predicted molar refractivity (Wildman–Crippen MR) is 96.8 cm³/mol. The van der Waals surface area contributed by atoms with Gasteiger partial charge in [0, 0.05) is 22.7 Å². The third kappa shape index (κ3) is 4.57. The van der Waals surface area contributed by atoms with Gasteiger partial charge in [-0.15, -0.1) is 0 Å². The van der Waals surface area contributed by atoms with E-state index in [-0.39, 0.29) is 29.2 Å². The fourth-order valence-electron chi connectivity index (χ4n) is 3.07. The topological polar surface area (TPSA) is 84.2 Å². The molecule has 0 spiro atoms. The number of amides is 2. The molecule has 2 amide bonds. The average Bonchev–Trinajstić information content (AvgIpc) is 3.04. The van der Waals surface area contributed by atoms with E-state index in [1.165, 1.54) is 0 Å². The highest BCUT2D eigenvalue weighted by Crippen LogP contribution is 2.31. The van der Waals surface area contributed by atoms with Gasteiger partial charge in [0.1, 0.15) is 0 Å². The Hall–Kier alpha value is -1.88. The quantitative estimate of drug-likeness (QED) is 0.749. The highest BCUT2D eigenvalue weighted by Gasteiger charge is 2.31. The van der Waals surface area contributed by atoms with Crippen LogP contribution in [0.3, 0.4) is 0 Å². The Morgan fingerprint density at radius 1 is 1.21 bits per heavy atom. The van der Waals surface area contributed by atoms with E-state index in [0.29, 0.717) is 17.8 Å². The summed E-state index contributed by atoms with van der Waals surface area (Å²) in [6.07, 6.45) is 3.85. The summed E-state index contributed by atoms with van der Waals surface area (Å²) in [4.78, 5) is 24.6. The molecule has 1 fully saturated rings. The summed E-state index contributed by atoms with van der Waals surface area (Å²) in [6, 6.07) is 7.04. The second-order valence-corrected chi connectivity index (χ2v) is 7.29. The standard InChI is InChI=1S/C19H29N3O2/c1-4-19(2,3)22-17(23)13-8-10-15(11-9-13)21-18(24)16-7-5-6-14(16)12-20/h8-11,14,16H,4-7,12,20H2,1-3H3,(H,21,24)(H,22,23)/t14-,16-/m1/s1. The summed E-state index contributed by atoms with van der Waals surface area (Å²) >= 11 is 0. The van der Waals surface area contributed by atoms with E-state index in [2.05, 4.69) is 10.6 Å². The zero-order valence-corrected chi connectivity index (χ0v) is 14.9. The van der Waals surface area contributed by atoms with Crippen LogP contribution in [0.15, 0.2) is 24.3 Å². The largest absolute Gasteiger partial charge is 0.347 e. The number of anilines is 1. The van der Waals surface area contributed by atoms with Crippen LogP contribution in [-0.4, -0.2) is 23.9 Å². The predicted octanol–water partition coefficient (Wildman–Crippen LogP) is 2.92. The SMILES string of the molecule is CCC(C)(C)NC(=O)c1ccc(NC(=O)[C@@H]2CCC[C@@H]2CN)cc1. The lowest BCUT2D eigenvalue weighted by Crippen LogP contribution is -2.42. The van der Waals surface area contributed by atoms with Gasteiger partial charge in [0.25, 0.3) is 5.91 Å². The van der Waals surface area contributed by atoms with E-state index in [1.807, 2.05) is 20.8 Å². The summed E-state index contributed by atoms with van der Waals surface area (Å²) in [6.45, 7) is 6.59. The first-order valence-corrected chi connectivity index (χ1v) is 8.80. The number of carbonyl (C=O) groups is 2. The molecule has 0 heterocycles. The molecule has 132 valence electrons. The lowest BCUT2D eigenvalue weighted by atomic mass is 9.95. The van der Waals surface area contributed by atoms with Crippen LogP contribution in [0.2, 0.25) is 0 Å². The van der Waals surface area contributed by atoms with Crippen LogP contribution in [0.25, 0.3) is 0 Å². The minimum atomic E-state index is -0.232. The number of hydrogen-bond acceptors (Lipinski definition) is 3. The maximum absolute atomic E-state index is 12.4. The Balaban J connectivity index is 1.97. The van der Waals surface area contributed by atoms with Crippen molar-refractivity contribution in [3.63, 3.8) is 0 Å². The number of nitrogens with one attached hydrogen (secondary N) is 2. The van der Waals surface area contributed by atoms with Crippen molar-refractivity contribution in [1.29, 1.82) is 0 Å².